The molecule has 1 aliphatic rings. The van der Waals surface area contributed by atoms with Crippen LogP contribution in [0.4, 0.5) is 0 Å². The standard InChI is InChI=1S/C39H71N11O5/c1-27(2)23-33(35(42)51)46-38(54)32(12-8-10-16-41)44-37(53)31(11-7-9-15-40)45-39(55)34(24-28(3)4)47-36(52)29-13-14-30(43-25-29)26-50-21-19-48(5)17-18-49(6)20-22-50/h13-14,25,27-28,31-34H,7-12,15-24,26,40-41H2,1-6H3,(H2,42,51)(H,44,53)(H,45,55)(H,46,54)(H,47,52)/t31-,32-,33-,34-/m0/s1. The number of unbranched alkanes of at least 4 members (excludes halogenated alkanes) is 2. The molecule has 312 valence electrons. The van der Waals surface area contributed by atoms with Crippen molar-refractivity contribution in [3.8, 4) is 0 Å². The number of primary amides is 1. The van der Waals surface area contributed by atoms with Crippen molar-refractivity contribution in [2.75, 3.05) is 66.5 Å². The van der Waals surface area contributed by atoms with Crippen molar-refractivity contribution in [3.05, 3.63) is 29.6 Å². The van der Waals surface area contributed by atoms with E-state index in [1.165, 1.54) is 6.20 Å². The van der Waals surface area contributed by atoms with E-state index in [-0.39, 0.29) is 24.7 Å². The highest BCUT2D eigenvalue weighted by Gasteiger charge is 2.31. The molecule has 1 fully saturated rings. The van der Waals surface area contributed by atoms with Crippen LogP contribution >= 0.6 is 0 Å². The van der Waals surface area contributed by atoms with Gasteiger partial charge in [0.05, 0.1) is 11.3 Å². The first-order valence-electron chi connectivity index (χ1n) is 20.1. The van der Waals surface area contributed by atoms with E-state index in [4.69, 9.17) is 17.2 Å². The van der Waals surface area contributed by atoms with Gasteiger partial charge in [-0.15, -0.1) is 0 Å². The molecular formula is C39H71N11O5. The van der Waals surface area contributed by atoms with Crippen LogP contribution in [0.3, 0.4) is 0 Å². The molecule has 1 aromatic rings. The summed E-state index contributed by atoms with van der Waals surface area (Å²) in [6, 6.07) is -0.262. The quantitative estimate of drug-likeness (QED) is 0.0740. The summed E-state index contributed by atoms with van der Waals surface area (Å²) in [6.07, 6.45) is 5.09. The van der Waals surface area contributed by atoms with Crippen LogP contribution in [0.25, 0.3) is 0 Å². The molecule has 5 amide bonds. The van der Waals surface area contributed by atoms with Crippen LogP contribution in [0.1, 0.15) is 95.1 Å². The second-order valence-corrected chi connectivity index (χ2v) is 15.9. The van der Waals surface area contributed by atoms with Crippen molar-refractivity contribution in [1.29, 1.82) is 0 Å². The Morgan fingerprint density at radius 2 is 1.11 bits per heavy atom. The van der Waals surface area contributed by atoms with Gasteiger partial charge >= 0.3 is 0 Å². The Morgan fingerprint density at radius 1 is 0.655 bits per heavy atom. The molecule has 16 nitrogen and oxygen atoms in total. The van der Waals surface area contributed by atoms with Crippen molar-refractivity contribution < 1.29 is 24.0 Å². The molecule has 16 heteroatoms. The third-order valence-corrected chi connectivity index (χ3v) is 9.79. The second-order valence-electron chi connectivity index (χ2n) is 15.9. The van der Waals surface area contributed by atoms with E-state index in [2.05, 4.69) is 55.0 Å². The number of likely N-dealkylation sites (N-methyl/N-ethyl adjacent to an activating group) is 2. The highest BCUT2D eigenvalue weighted by molar-refractivity contribution is 5.98. The Morgan fingerprint density at radius 3 is 1.55 bits per heavy atom. The van der Waals surface area contributed by atoms with E-state index in [0.29, 0.717) is 63.7 Å². The van der Waals surface area contributed by atoms with Gasteiger partial charge in [0.25, 0.3) is 5.91 Å². The third-order valence-electron chi connectivity index (χ3n) is 9.79. The maximum atomic E-state index is 13.8. The lowest BCUT2D eigenvalue weighted by atomic mass is 10.0. The summed E-state index contributed by atoms with van der Waals surface area (Å²) in [5, 5.41) is 11.2. The van der Waals surface area contributed by atoms with Gasteiger partial charge in [0.1, 0.15) is 24.2 Å². The van der Waals surface area contributed by atoms with E-state index in [1.807, 2.05) is 33.8 Å². The number of nitrogens with one attached hydrogen (secondary N) is 4. The van der Waals surface area contributed by atoms with Gasteiger partial charge in [-0.1, -0.05) is 27.7 Å². The number of hydrogen-bond donors (Lipinski definition) is 7. The summed E-state index contributed by atoms with van der Waals surface area (Å²) in [5.41, 5.74) is 18.2. The number of carbonyl (C=O) groups is 5. The number of rotatable bonds is 23. The maximum absolute atomic E-state index is 13.8. The van der Waals surface area contributed by atoms with Crippen molar-refractivity contribution in [3.63, 3.8) is 0 Å². The predicted octanol–water partition coefficient (Wildman–Crippen LogP) is 0.149. The SMILES string of the molecule is CC(C)C[C@H](NC(=O)[C@H](CCCCN)NC(=O)[C@H](CCCCN)NC(=O)[C@H](CC(C)C)NC(=O)c1ccc(CN2CCN(C)CCN(C)CC2)nc1)C(N)=O. The lowest BCUT2D eigenvalue weighted by Gasteiger charge is -2.27. The minimum atomic E-state index is -1.01. The molecule has 0 bridgehead atoms. The van der Waals surface area contributed by atoms with Crippen molar-refractivity contribution in [2.45, 2.75) is 110 Å². The minimum Gasteiger partial charge on any atom is -0.368 e. The smallest absolute Gasteiger partial charge is 0.253 e. The molecule has 10 N–H and O–H groups in total. The Bertz CT molecular complexity index is 1320. The summed E-state index contributed by atoms with van der Waals surface area (Å²) in [5.74, 6) is -2.58. The Balaban J connectivity index is 2.19. The van der Waals surface area contributed by atoms with Gasteiger partial charge in [-0.25, -0.2) is 0 Å². The molecule has 0 saturated carbocycles. The number of pyridine rings is 1. The van der Waals surface area contributed by atoms with Crippen molar-refractivity contribution >= 4 is 29.5 Å². The number of amides is 5. The largest absolute Gasteiger partial charge is 0.368 e. The third kappa shape index (κ3) is 18.7. The molecule has 0 unspecified atom stereocenters. The van der Waals surface area contributed by atoms with Gasteiger partial charge < -0.3 is 48.3 Å². The van der Waals surface area contributed by atoms with Gasteiger partial charge in [0, 0.05) is 52.0 Å². The van der Waals surface area contributed by atoms with Crippen molar-refractivity contribution in [2.24, 2.45) is 29.0 Å². The van der Waals surface area contributed by atoms with E-state index in [0.717, 1.165) is 45.0 Å². The monoisotopic (exact) mass is 774 g/mol. The Hall–Kier alpha value is -3.70. The van der Waals surface area contributed by atoms with E-state index in [9.17, 15) is 24.0 Å². The first-order chi connectivity index (χ1) is 26.1. The number of hydrogen-bond acceptors (Lipinski definition) is 11. The fourth-order valence-corrected chi connectivity index (χ4v) is 6.34. The summed E-state index contributed by atoms with van der Waals surface area (Å²) in [7, 11) is 4.26. The Labute approximate surface area is 328 Å². The summed E-state index contributed by atoms with van der Waals surface area (Å²) in [4.78, 5) is 78.3. The molecule has 1 saturated heterocycles. The fourth-order valence-electron chi connectivity index (χ4n) is 6.34. The van der Waals surface area contributed by atoms with Crippen LogP contribution in [0, 0.1) is 11.8 Å². The van der Waals surface area contributed by atoms with Crippen LogP contribution < -0.4 is 38.5 Å². The van der Waals surface area contributed by atoms with Gasteiger partial charge in [0.15, 0.2) is 0 Å². The molecule has 0 radical (unpaired) electrons. The molecular weight excluding hydrogens is 703 g/mol. The molecule has 1 aliphatic heterocycles. The fraction of sp³-hybridized carbons (Fsp3) is 0.744. The van der Waals surface area contributed by atoms with Gasteiger partial charge in [0.2, 0.25) is 23.6 Å². The number of nitrogens with two attached hydrogens (primary N) is 3. The zero-order valence-electron chi connectivity index (χ0n) is 34.3. The van der Waals surface area contributed by atoms with Gasteiger partial charge in [-0.3, -0.25) is 33.9 Å². The van der Waals surface area contributed by atoms with Crippen LogP contribution in [0.15, 0.2) is 18.3 Å². The lowest BCUT2D eigenvalue weighted by Crippen LogP contribution is -2.58. The topological polar surface area (TPSA) is 234 Å². The number of nitrogens with zero attached hydrogens (tertiary/aromatic N) is 4. The molecule has 2 rings (SSSR count). The molecule has 4 atom stereocenters. The normalized spacial score (nSPS) is 17.0. The van der Waals surface area contributed by atoms with Crippen LogP contribution in [-0.4, -0.2) is 140 Å². The average molecular weight is 774 g/mol. The maximum Gasteiger partial charge on any atom is 0.253 e. The molecule has 0 aromatic carbocycles. The molecule has 1 aromatic heterocycles. The van der Waals surface area contributed by atoms with Gasteiger partial charge in [-0.05, 0) is 103 Å². The number of aromatic nitrogens is 1. The van der Waals surface area contributed by atoms with Gasteiger partial charge in [-0.2, -0.15) is 0 Å². The molecule has 0 spiro atoms. The number of carbonyl (C=O) groups excluding carboxylic acids is 5. The van der Waals surface area contributed by atoms with E-state index in [1.54, 1.807) is 6.07 Å². The molecule has 0 aliphatic carbocycles. The zero-order valence-corrected chi connectivity index (χ0v) is 34.3. The predicted molar refractivity (Wildman–Crippen MR) is 215 cm³/mol. The molecule has 2 heterocycles. The summed E-state index contributed by atoms with van der Waals surface area (Å²) < 4.78 is 0. The lowest BCUT2D eigenvalue weighted by molar-refractivity contribution is -0.134. The molecule has 55 heavy (non-hydrogen) atoms. The van der Waals surface area contributed by atoms with E-state index < -0.39 is 53.7 Å². The Kier molecular flexibility index (Phi) is 22.0. The first-order valence-corrected chi connectivity index (χ1v) is 20.1. The van der Waals surface area contributed by atoms with Crippen LogP contribution in [0.5, 0.6) is 0 Å². The van der Waals surface area contributed by atoms with Crippen molar-refractivity contribution in [1.82, 2.24) is 41.0 Å². The highest BCUT2D eigenvalue weighted by Crippen LogP contribution is 2.12. The minimum absolute atomic E-state index is 0.0424. The van der Waals surface area contributed by atoms with E-state index >= 15 is 0 Å². The van der Waals surface area contributed by atoms with Crippen LogP contribution in [0.2, 0.25) is 0 Å². The summed E-state index contributed by atoms with van der Waals surface area (Å²) in [6.45, 7) is 15.0. The highest BCUT2D eigenvalue weighted by atomic mass is 16.2. The average Bonchev–Trinajstić information content (AvgIpc) is 3.20. The first kappa shape index (κ1) is 47.5. The van der Waals surface area contributed by atoms with Crippen LogP contribution in [-0.2, 0) is 25.7 Å². The second kappa shape index (κ2) is 25.5. The summed E-state index contributed by atoms with van der Waals surface area (Å²) >= 11 is 0. The zero-order chi connectivity index (χ0) is 40.9.